The van der Waals surface area contributed by atoms with Crippen LogP contribution < -0.4 is 20.1 Å². The molecule has 0 spiro atoms. The molecule has 2 N–H and O–H groups in total. The molecule has 0 aliphatic carbocycles. The van der Waals surface area contributed by atoms with E-state index in [4.69, 9.17) is 9.47 Å². The van der Waals surface area contributed by atoms with Crippen LogP contribution in [0.3, 0.4) is 0 Å². The summed E-state index contributed by atoms with van der Waals surface area (Å²) in [7, 11) is -4.37. The fourth-order valence-electron chi connectivity index (χ4n) is 7.80. The van der Waals surface area contributed by atoms with Crippen LogP contribution in [0.25, 0.3) is 11.1 Å². The molecule has 0 unspecified atom stereocenters. The van der Waals surface area contributed by atoms with Gasteiger partial charge in [-0.25, -0.2) is 16.8 Å². The van der Waals surface area contributed by atoms with E-state index < -0.39 is 31.9 Å². The number of sulfonamides is 2. The van der Waals surface area contributed by atoms with Gasteiger partial charge in [0.2, 0.25) is 20.0 Å². The molecule has 0 aromatic heterocycles. The zero-order valence-electron chi connectivity index (χ0n) is 32.6. The molecule has 2 amide bonds. The molecule has 2 saturated heterocycles. The van der Waals surface area contributed by atoms with E-state index in [-0.39, 0.29) is 33.5 Å². The van der Waals surface area contributed by atoms with Crippen LogP contribution in [0, 0.1) is 23.7 Å². The highest BCUT2D eigenvalue weighted by atomic mass is 32.2. The molecule has 14 heteroatoms. The molecule has 4 atom stereocenters. The molecule has 56 heavy (non-hydrogen) atoms. The highest BCUT2D eigenvalue weighted by molar-refractivity contribution is 7.89. The molecule has 0 radical (unpaired) electrons. The summed E-state index contributed by atoms with van der Waals surface area (Å²) in [6, 6.07) is 22.4. The Morgan fingerprint density at radius 1 is 0.536 bits per heavy atom. The molecule has 12 nitrogen and oxygen atoms in total. The normalized spacial score (nSPS) is 20.9. The predicted molar refractivity (Wildman–Crippen MR) is 217 cm³/mol. The number of benzene rings is 4. The van der Waals surface area contributed by atoms with E-state index in [1.54, 1.807) is 24.3 Å². The number of amides is 2. The van der Waals surface area contributed by atoms with Crippen molar-refractivity contribution in [2.45, 2.75) is 50.3 Å². The quantitative estimate of drug-likeness (QED) is 0.162. The summed E-state index contributed by atoms with van der Waals surface area (Å²) in [5.41, 5.74) is 2.93. The van der Waals surface area contributed by atoms with E-state index in [1.807, 2.05) is 12.1 Å². The topological polar surface area (TPSA) is 151 Å². The average Bonchev–Trinajstić information content (AvgIpc) is 3.17. The van der Waals surface area contributed by atoms with Crippen LogP contribution in [0.1, 0.15) is 61.3 Å². The Hall–Kier alpha value is -4.76. The lowest BCUT2D eigenvalue weighted by Crippen LogP contribution is -2.42. The van der Waals surface area contributed by atoms with Gasteiger partial charge in [0.15, 0.2) is 0 Å². The minimum Gasteiger partial charge on any atom is -0.495 e. The molecule has 4 aromatic carbocycles. The monoisotopic (exact) mass is 802 g/mol. The minimum absolute atomic E-state index is 0.151. The maximum Gasteiger partial charge on any atom is 0.255 e. The van der Waals surface area contributed by atoms with Gasteiger partial charge in [0.1, 0.15) is 11.5 Å². The second-order valence-corrected chi connectivity index (χ2v) is 19.2. The van der Waals surface area contributed by atoms with E-state index in [0.29, 0.717) is 60.2 Å². The van der Waals surface area contributed by atoms with E-state index >= 15 is 0 Å². The number of ether oxygens (including phenoxy) is 2. The molecule has 2 aliphatic heterocycles. The van der Waals surface area contributed by atoms with Crippen LogP contribution in [0.5, 0.6) is 11.5 Å². The number of hydrogen-bond donors (Lipinski definition) is 2. The molecule has 298 valence electrons. The number of nitrogens with one attached hydrogen (secondary N) is 2. The maximum atomic E-state index is 13.3. The Labute approximate surface area is 330 Å². The summed E-state index contributed by atoms with van der Waals surface area (Å²) in [6.45, 7) is 10.1. The first-order chi connectivity index (χ1) is 26.6. The van der Waals surface area contributed by atoms with E-state index in [0.717, 1.165) is 24.0 Å². The Balaban J connectivity index is 1.12. The number of hydrogen-bond acceptors (Lipinski definition) is 8. The van der Waals surface area contributed by atoms with Gasteiger partial charge in [-0.05, 0) is 120 Å². The molecule has 2 heterocycles. The highest BCUT2D eigenvalue weighted by Crippen LogP contribution is 2.36. The number of carbonyl (C=O) groups excluding carboxylic acids is 2. The van der Waals surface area contributed by atoms with Crippen molar-refractivity contribution in [1.29, 1.82) is 0 Å². The second-order valence-electron chi connectivity index (χ2n) is 15.3. The smallest absolute Gasteiger partial charge is 0.255 e. The van der Waals surface area contributed by atoms with Gasteiger partial charge < -0.3 is 20.1 Å². The molecule has 4 aromatic rings. The molecular weight excluding hydrogens is 753 g/mol. The number of nitrogens with zero attached hydrogens (tertiary/aromatic N) is 2. The van der Waals surface area contributed by atoms with E-state index in [9.17, 15) is 26.4 Å². The minimum atomic E-state index is -3.68. The van der Waals surface area contributed by atoms with Crippen molar-refractivity contribution < 1.29 is 35.9 Å². The zero-order valence-corrected chi connectivity index (χ0v) is 34.2. The van der Waals surface area contributed by atoms with E-state index in [2.05, 4.69) is 38.3 Å². The van der Waals surface area contributed by atoms with Crippen molar-refractivity contribution in [3.8, 4) is 22.6 Å². The first kappa shape index (κ1) is 40.9. The lowest BCUT2D eigenvalue weighted by molar-refractivity contribution is 0.101. The van der Waals surface area contributed by atoms with Gasteiger partial charge in [-0.2, -0.15) is 8.61 Å². The lowest BCUT2D eigenvalue weighted by Gasteiger charge is -2.34. The van der Waals surface area contributed by atoms with Crippen molar-refractivity contribution in [3.05, 3.63) is 96.1 Å². The Bertz CT molecular complexity index is 2110. The zero-order chi connectivity index (χ0) is 40.4. The third-order valence-corrected chi connectivity index (χ3v) is 14.1. The van der Waals surface area contributed by atoms with Crippen molar-refractivity contribution in [1.82, 2.24) is 8.61 Å². The number of carbonyl (C=O) groups is 2. The van der Waals surface area contributed by atoms with Crippen LogP contribution in [0.15, 0.2) is 94.7 Å². The van der Waals surface area contributed by atoms with Gasteiger partial charge in [-0.3, -0.25) is 9.59 Å². The summed E-state index contributed by atoms with van der Waals surface area (Å²) in [6.07, 6.45) is 1.98. The summed E-state index contributed by atoms with van der Waals surface area (Å²) < 4.78 is 67.5. The second kappa shape index (κ2) is 16.8. The van der Waals surface area contributed by atoms with Crippen LogP contribution in [0.2, 0.25) is 0 Å². The first-order valence-corrected chi connectivity index (χ1v) is 21.7. The molecule has 0 bridgehead atoms. The van der Waals surface area contributed by atoms with Crippen LogP contribution in [-0.4, -0.2) is 77.7 Å². The predicted octanol–water partition coefficient (Wildman–Crippen LogP) is 7.21. The van der Waals surface area contributed by atoms with Crippen molar-refractivity contribution in [2.24, 2.45) is 23.7 Å². The van der Waals surface area contributed by atoms with Crippen molar-refractivity contribution in [3.63, 3.8) is 0 Å². The summed E-state index contributed by atoms with van der Waals surface area (Å²) in [5, 5.41) is 5.72. The summed E-state index contributed by atoms with van der Waals surface area (Å²) in [5.74, 6) is 1.05. The van der Waals surface area contributed by atoms with Crippen LogP contribution in [0.4, 0.5) is 11.4 Å². The maximum absolute atomic E-state index is 13.3. The molecule has 6 rings (SSSR count). The van der Waals surface area contributed by atoms with Gasteiger partial charge >= 0.3 is 0 Å². The summed E-state index contributed by atoms with van der Waals surface area (Å²) in [4.78, 5) is 26.8. The van der Waals surface area contributed by atoms with Gasteiger partial charge in [-0.1, -0.05) is 39.8 Å². The SMILES string of the molecule is COc1cc(-c2ccc(NC(=O)c3ccc(S(=O)(=O)N4C[C@H](C)C[C@H](C)C4)cc3)c(OC)c2)ccc1NC(=O)c1ccc(S(=O)(=O)N2C[C@H](C)C[C@@H](C)C2)cc1. The third-order valence-electron chi connectivity index (χ3n) is 10.4. The van der Waals surface area contributed by atoms with Crippen LogP contribution >= 0.6 is 0 Å². The number of methoxy groups -OCH3 is 2. The van der Waals surface area contributed by atoms with Gasteiger partial charge in [0.05, 0.1) is 35.4 Å². The molecule has 2 fully saturated rings. The highest BCUT2D eigenvalue weighted by Gasteiger charge is 2.33. The molecular formula is C42H50N4O8S2. The summed E-state index contributed by atoms with van der Waals surface area (Å²) >= 11 is 0. The Morgan fingerprint density at radius 3 is 1.16 bits per heavy atom. The van der Waals surface area contributed by atoms with Gasteiger partial charge in [0, 0.05) is 37.3 Å². The van der Waals surface area contributed by atoms with Crippen LogP contribution in [-0.2, 0) is 20.0 Å². The standard InChI is InChI=1S/C42H50N4O8S2/c1-27-19-28(2)24-45(23-27)55(49,50)35-13-7-31(8-14-35)41(47)43-37-17-11-33(21-39(37)53-5)34-12-18-38(40(22-34)54-6)44-42(48)32-9-15-36(16-10-32)56(51,52)46-25-29(3)20-30(4)26-46/h7-18,21-22,27-30H,19-20,23-26H2,1-6H3,(H,43,47)(H,44,48)/t27-,28-,29-,30+/m1/s1. The number of anilines is 2. The van der Waals surface area contributed by atoms with Crippen molar-refractivity contribution >= 4 is 43.2 Å². The number of rotatable bonds is 11. The fraction of sp³-hybridized carbons (Fsp3) is 0.381. The average molecular weight is 803 g/mol. The largest absolute Gasteiger partial charge is 0.495 e. The first-order valence-electron chi connectivity index (χ1n) is 18.8. The van der Waals surface area contributed by atoms with E-state index in [1.165, 1.54) is 71.4 Å². The fourth-order valence-corrected chi connectivity index (χ4v) is 11.2. The molecule has 2 aliphatic rings. The number of piperidine rings is 2. The Morgan fingerprint density at radius 2 is 0.857 bits per heavy atom. The molecule has 0 saturated carbocycles. The van der Waals surface area contributed by atoms with Gasteiger partial charge in [0.25, 0.3) is 11.8 Å². The Kier molecular flexibility index (Phi) is 12.2. The lowest BCUT2D eigenvalue weighted by atomic mass is 9.94. The van der Waals surface area contributed by atoms with Gasteiger partial charge in [-0.15, -0.1) is 0 Å². The third kappa shape index (κ3) is 8.94. The van der Waals surface area contributed by atoms with Crippen molar-refractivity contribution in [2.75, 3.05) is 51.0 Å².